The lowest BCUT2D eigenvalue weighted by Gasteiger charge is -2.08. The summed E-state index contributed by atoms with van der Waals surface area (Å²) in [7, 11) is 0. The molecule has 0 bridgehead atoms. The van der Waals surface area contributed by atoms with Gasteiger partial charge in [-0.05, 0) is 19.4 Å². The second-order valence-electron chi connectivity index (χ2n) is 4.17. The summed E-state index contributed by atoms with van der Waals surface area (Å²) in [5.74, 6) is -0.975. The molecule has 108 valence electrons. The van der Waals surface area contributed by atoms with E-state index in [1.165, 1.54) is 19.1 Å². The number of benzene rings is 1. The SMILES string of the molecule is CCCC(=O)OCC(=O)Nc1cccc([N+](=O)[O-])c1C. The van der Waals surface area contributed by atoms with Gasteiger partial charge < -0.3 is 10.1 Å². The highest BCUT2D eigenvalue weighted by molar-refractivity contribution is 5.93. The van der Waals surface area contributed by atoms with Crippen LogP contribution in [0.5, 0.6) is 0 Å². The lowest BCUT2D eigenvalue weighted by atomic mass is 10.1. The van der Waals surface area contributed by atoms with Crippen LogP contribution in [0.1, 0.15) is 25.3 Å². The van der Waals surface area contributed by atoms with Crippen molar-refractivity contribution in [1.82, 2.24) is 0 Å². The minimum Gasteiger partial charge on any atom is -0.456 e. The summed E-state index contributed by atoms with van der Waals surface area (Å²) in [6.45, 7) is 2.96. The van der Waals surface area contributed by atoms with Crippen LogP contribution < -0.4 is 5.32 Å². The Morgan fingerprint density at radius 2 is 2.10 bits per heavy atom. The Kier molecular flexibility index (Phi) is 5.64. The van der Waals surface area contributed by atoms with Gasteiger partial charge in [0.05, 0.1) is 16.2 Å². The number of nitro groups is 1. The van der Waals surface area contributed by atoms with Crippen LogP contribution in [0, 0.1) is 17.0 Å². The van der Waals surface area contributed by atoms with Crippen LogP contribution in [0.25, 0.3) is 0 Å². The molecule has 0 heterocycles. The molecule has 7 heteroatoms. The molecule has 0 radical (unpaired) electrons. The molecule has 1 aromatic carbocycles. The molecule has 7 nitrogen and oxygen atoms in total. The van der Waals surface area contributed by atoms with Gasteiger partial charge in [0.25, 0.3) is 11.6 Å². The molecule has 0 unspecified atom stereocenters. The molecule has 0 atom stereocenters. The molecule has 1 rings (SSSR count). The lowest BCUT2D eigenvalue weighted by Crippen LogP contribution is -2.21. The largest absolute Gasteiger partial charge is 0.456 e. The maximum absolute atomic E-state index is 11.6. The van der Waals surface area contributed by atoms with Crippen molar-refractivity contribution in [3.05, 3.63) is 33.9 Å². The molecule has 1 aromatic rings. The van der Waals surface area contributed by atoms with Crippen LogP contribution >= 0.6 is 0 Å². The van der Waals surface area contributed by atoms with E-state index in [9.17, 15) is 19.7 Å². The fourth-order valence-electron chi connectivity index (χ4n) is 1.57. The first-order valence-electron chi connectivity index (χ1n) is 6.15. The first kappa shape index (κ1) is 15.6. The third-order valence-electron chi connectivity index (χ3n) is 2.59. The quantitative estimate of drug-likeness (QED) is 0.489. The summed E-state index contributed by atoms with van der Waals surface area (Å²) in [4.78, 5) is 33.0. The highest BCUT2D eigenvalue weighted by atomic mass is 16.6. The van der Waals surface area contributed by atoms with Crippen LogP contribution in [-0.2, 0) is 14.3 Å². The van der Waals surface area contributed by atoms with Gasteiger partial charge in [-0.15, -0.1) is 0 Å². The Bertz CT molecular complexity index is 527. The van der Waals surface area contributed by atoms with E-state index in [0.717, 1.165) is 0 Å². The van der Waals surface area contributed by atoms with Gasteiger partial charge in [-0.3, -0.25) is 19.7 Å². The highest BCUT2D eigenvalue weighted by Gasteiger charge is 2.15. The summed E-state index contributed by atoms with van der Waals surface area (Å²) in [5, 5.41) is 13.3. The second-order valence-corrected chi connectivity index (χ2v) is 4.17. The molecular formula is C13H16N2O5. The van der Waals surface area contributed by atoms with E-state index in [2.05, 4.69) is 5.32 Å². The molecule has 0 aromatic heterocycles. The Labute approximate surface area is 116 Å². The van der Waals surface area contributed by atoms with Gasteiger partial charge in [-0.25, -0.2) is 0 Å². The Morgan fingerprint density at radius 1 is 1.40 bits per heavy atom. The van der Waals surface area contributed by atoms with E-state index in [-0.39, 0.29) is 12.1 Å². The fraction of sp³-hybridized carbons (Fsp3) is 0.385. The van der Waals surface area contributed by atoms with E-state index in [4.69, 9.17) is 4.74 Å². The number of nitro benzene ring substituents is 1. The Hall–Kier alpha value is -2.44. The first-order chi connectivity index (χ1) is 9.45. The molecule has 0 aliphatic rings. The molecule has 0 fully saturated rings. The zero-order chi connectivity index (χ0) is 15.1. The van der Waals surface area contributed by atoms with E-state index >= 15 is 0 Å². The van der Waals surface area contributed by atoms with Crippen molar-refractivity contribution in [2.24, 2.45) is 0 Å². The zero-order valence-corrected chi connectivity index (χ0v) is 11.3. The molecular weight excluding hydrogens is 264 g/mol. The third kappa shape index (κ3) is 4.34. The van der Waals surface area contributed by atoms with E-state index in [0.29, 0.717) is 17.7 Å². The number of hydrogen-bond acceptors (Lipinski definition) is 5. The smallest absolute Gasteiger partial charge is 0.306 e. The molecule has 0 saturated heterocycles. The molecule has 1 N–H and O–H groups in total. The van der Waals surface area contributed by atoms with Crippen LogP contribution in [-0.4, -0.2) is 23.4 Å². The number of anilines is 1. The van der Waals surface area contributed by atoms with Crippen molar-refractivity contribution in [2.45, 2.75) is 26.7 Å². The summed E-state index contributed by atoms with van der Waals surface area (Å²) in [6, 6.07) is 4.38. The van der Waals surface area contributed by atoms with Crippen LogP contribution in [0.3, 0.4) is 0 Å². The van der Waals surface area contributed by atoms with Gasteiger partial charge in [-0.1, -0.05) is 13.0 Å². The average molecular weight is 280 g/mol. The van der Waals surface area contributed by atoms with Crippen molar-refractivity contribution < 1.29 is 19.2 Å². The predicted octanol–water partition coefficient (Wildman–Crippen LogP) is 2.19. The molecule has 0 aliphatic heterocycles. The van der Waals surface area contributed by atoms with Gasteiger partial charge in [0, 0.05) is 12.5 Å². The number of esters is 1. The highest BCUT2D eigenvalue weighted by Crippen LogP contribution is 2.24. The number of rotatable bonds is 6. The van der Waals surface area contributed by atoms with Crippen LogP contribution in [0.2, 0.25) is 0 Å². The summed E-state index contributed by atoms with van der Waals surface area (Å²) in [5.41, 5.74) is 0.604. The first-order valence-corrected chi connectivity index (χ1v) is 6.15. The van der Waals surface area contributed by atoms with Crippen molar-refractivity contribution in [3.63, 3.8) is 0 Å². The maximum Gasteiger partial charge on any atom is 0.306 e. The van der Waals surface area contributed by atoms with Crippen LogP contribution in [0.15, 0.2) is 18.2 Å². The maximum atomic E-state index is 11.6. The molecule has 0 saturated carbocycles. The summed E-state index contributed by atoms with van der Waals surface area (Å²) >= 11 is 0. The van der Waals surface area contributed by atoms with Gasteiger partial charge in [-0.2, -0.15) is 0 Å². The summed E-state index contributed by atoms with van der Waals surface area (Å²) < 4.78 is 4.75. The summed E-state index contributed by atoms with van der Waals surface area (Å²) in [6.07, 6.45) is 0.896. The normalized spacial score (nSPS) is 9.90. The second kappa shape index (κ2) is 7.22. The Morgan fingerprint density at radius 3 is 2.70 bits per heavy atom. The molecule has 20 heavy (non-hydrogen) atoms. The minimum atomic E-state index is -0.530. The number of amides is 1. The standard InChI is InChI=1S/C13H16N2O5/c1-3-5-13(17)20-8-12(16)14-10-6-4-7-11(9(10)2)15(18)19/h4,6-7H,3,5,8H2,1-2H3,(H,14,16). The minimum absolute atomic E-state index is 0.0780. The number of hydrogen-bond donors (Lipinski definition) is 1. The van der Waals surface area contributed by atoms with Gasteiger partial charge in [0.15, 0.2) is 6.61 Å². The zero-order valence-electron chi connectivity index (χ0n) is 11.3. The van der Waals surface area contributed by atoms with E-state index in [1.807, 2.05) is 6.92 Å². The molecule has 0 spiro atoms. The van der Waals surface area contributed by atoms with Gasteiger partial charge in [0.1, 0.15) is 0 Å². The van der Waals surface area contributed by atoms with E-state index in [1.54, 1.807) is 6.07 Å². The number of nitrogens with one attached hydrogen (secondary N) is 1. The van der Waals surface area contributed by atoms with Crippen molar-refractivity contribution in [1.29, 1.82) is 0 Å². The Balaban J connectivity index is 2.65. The number of ether oxygens (including phenoxy) is 1. The predicted molar refractivity (Wildman–Crippen MR) is 72.3 cm³/mol. The van der Waals surface area contributed by atoms with Crippen molar-refractivity contribution in [3.8, 4) is 0 Å². The number of carbonyl (C=O) groups is 2. The third-order valence-corrected chi connectivity index (χ3v) is 2.59. The van der Waals surface area contributed by atoms with Crippen LogP contribution in [0.4, 0.5) is 11.4 Å². The van der Waals surface area contributed by atoms with Crippen molar-refractivity contribution >= 4 is 23.3 Å². The number of carbonyl (C=O) groups excluding carboxylic acids is 2. The van der Waals surface area contributed by atoms with Crippen molar-refractivity contribution in [2.75, 3.05) is 11.9 Å². The average Bonchev–Trinajstić information content (AvgIpc) is 2.39. The fourth-order valence-corrected chi connectivity index (χ4v) is 1.57. The number of nitrogens with zero attached hydrogens (tertiary/aromatic N) is 1. The van der Waals surface area contributed by atoms with Gasteiger partial charge in [0.2, 0.25) is 0 Å². The van der Waals surface area contributed by atoms with E-state index < -0.39 is 23.4 Å². The molecule has 0 aliphatic carbocycles. The topological polar surface area (TPSA) is 98.5 Å². The molecule has 1 amide bonds. The van der Waals surface area contributed by atoms with Gasteiger partial charge >= 0.3 is 5.97 Å². The monoisotopic (exact) mass is 280 g/mol. The lowest BCUT2D eigenvalue weighted by molar-refractivity contribution is -0.385.